The predicted octanol–water partition coefficient (Wildman–Crippen LogP) is 2.71. The number of halogens is 2. The zero-order valence-electron chi connectivity index (χ0n) is 8.80. The van der Waals surface area contributed by atoms with Gasteiger partial charge in [0.1, 0.15) is 5.82 Å². The van der Waals surface area contributed by atoms with E-state index in [9.17, 15) is 9.18 Å². The summed E-state index contributed by atoms with van der Waals surface area (Å²) in [5.41, 5.74) is 1.62. The van der Waals surface area contributed by atoms with E-state index in [-0.39, 0.29) is 17.1 Å². The fraction of sp³-hybridized carbons (Fsp3) is 0.417. The molecule has 1 aromatic rings. The van der Waals surface area contributed by atoms with Gasteiger partial charge < -0.3 is 5.32 Å². The van der Waals surface area contributed by atoms with Crippen molar-refractivity contribution in [3.8, 4) is 0 Å². The first-order chi connectivity index (χ1) is 7.70. The second-order valence-corrected chi connectivity index (χ2v) is 4.60. The Bertz CT molecular complexity index is 404. The van der Waals surface area contributed by atoms with Gasteiger partial charge in [-0.05, 0) is 36.0 Å². The molecule has 0 heterocycles. The van der Waals surface area contributed by atoms with Crippen LogP contribution in [0.4, 0.5) is 4.39 Å². The van der Waals surface area contributed by atoms with E-state index in [4.69, 9.17) is 0 Å². The summed E-state index contributed by atoms with van der Waals surface area (Å²) in [7, 11) is 0. The van der Waals surface area contributed by atoms with Gasteiger partial charge in [0.25, 0.3) is 0 Å². The minimum absolute atomic E-state index is 0.0910. The molecule has 1 saturated carbocycles. The summed E-state index contributed by atoms with van der Waals surface area (Å²) in [6.45, 7) is 0.381. The Morgan fingerprint density at radius 1 is 1.50 bits per heavy atom. The van der Waals surface area contributed by atoms with E-state index in [2.05, 4.69) is 21.2 Å². The van der Waals surface area contributed by atoms with Crippen LogP contribution in [0, 0.1) is 5.82 Å². The van der Waals surface area contributed by atoms with Crippen molar-refractivity contribution in [1.82, 2.24) is 5.32 Å². The molecule has 1 fully saturated rings. The lowest BCUT2D eigenvalue weighted by Gasteiger charge is -2.06. The summed E-state index contributed by atoms with van der Waals surface area (Å²) in [5, 5.41) is 2.96. The molecule has 0 saturated heterocycles. The first kappa shape index (κ1) is 11.6. The number of hydrogen-bond acceptors (Lipinski definition) is 1. The van der Waals surface area contributed by atoms with E-state index < -0.39 is 0 Å². The fourth-order valence-electron chi connectivity index (χ4n) is 1.65. The number of benzene rings is 1. The number of carbonyl (C=O) groups excluding carboxylic acids is 1. The maximum atomic E-state index is 13.6. The number of amides is 1. The third kappa shape index (κ3) is 2.82. The van der Waals surface area contributed by atoms with Crippen molar-refractivity contribution in [3.63, 3.8) is 0 Å². The van der Waals surface area contributed by atoms with Crippen molar-refractivity contribution in [2.24, 2.45) is 0 Å². The lowest BCUT2D eigenvalue weighted by atomic mass is 10.1. The van der Waals surface area contributed by atoms with Crippen LogP contribution in [0.15, 0.2) is 18.2 Å². The van der Waals surface area contributed by atoms with Crippen molar-refractivity contribution < 1.29 is 9.18 Å². The largest absolute Gasteiger partial charge is 0.351 e. The summed E-state index contributed by atoms with van der Waals surface area (Å²) in [6.07, 6.45) is 2.19. The molecule has 0 atom stereocenters. The molecular weight excluding hydrogens is 273 g/mol. The van der Waals surface area contributed by atoms with Gasteiger partial charge >= 0.3 is 0 Å². The monoisotopic (exact) mass is 285 g/mol. The Kier molecular flexibility index (Phi) is 3.59. The lowest BCUT2D eigenvalue weighted by molar-refractivity contribution is -0.118. The van der Waals surface area contributed by atoms with Crippen molar-refractivity contribution >= 4 is 21.8 Å². The van der Waals surface area contributed by atoms with Gasteiger partial charge in [0.05, 0.1) is 5.33 Å². The molecule has 2 rings (SSSR count). The highest BCUT2D eigenvalue weighted by atomic mass is 79.9. The molecule has 0 unspecified atom stereocenters. The van der Waals surface area contributed by atoms with Gasteiger partial charge in [0, 0.05) is 6.54 Å². The second-order valence-electron chi connectivity index (χ2n) is 4.04. The maximum absolute atomic E-state index is 13.6. The van der Waals surface area contributed by atoms with E-state index in [0.717, 1.165) is 24.0 Å². The fourth-order valence-corrected chi connectivity index (χ4v) is 1.85. The topological polar surface area (TPSA) is 29.1 Å². The first-order valence-corrected chi connectivity index (χ1v) is 6.44. The maximum Gasteiger partial charge on any atom is 0.230 e. The number of alkyl halides is 1. The molecule has 2 nitrogen and oxygen atoms in total. The third-order valence-corrected chi connectivity index (χ3v) is 3.20. The molecular formula is C12H13BrFNO. The second kappa shape index (κ2) is 4.95. The summed E-state index contributed by atoms with van der Waals surface area (Å²) in [6, 6.07) is 5.23. The Balaban J connectivity index is 2.00. The van der Waals surface area contributed by atoms with Crippen LogP contribution in [0.5, 0.6) is 0 Å². The van der Waals surface area contributed by atoms with E-state index in [0.29, 0.717) is 12.5 Å². The molecule has 0 bridgehead atoms. The van der Waals surface area contributed by atoms with Crippen LogP contribution in [0.25, 0.3) is 0 Å². The van der Waals surface area contributed by atoms with Gasteiger partial charge in [-0.15, -0.1) is 0 Å². The summed E-state index contributed by atoms with van der Waals surface area (Å²) >= 11 is 3.06. The Labute approximate surface area is 102 Å². The summed E-state index contributed by atoms with van der Waals surface area (Å²) in [4.78, 5) is 11.0. The molecule has 0 aromatic heterocycles. The molecule has 1 aliphatic rings. The van der Waals surface area contributed by atoms with Crippen LogP contribution in [0.3, 0.4) is 0 Å². The zero-order chi connectivity index (χ0) is 11.5. The average Bonchev–Trinajstić information content (AvgIpc) is 3.10. The number of rotatable bonds is 4. The molecule has 86 valence electrons. The van der Waals surface area contributed by atoms with Crippen molar-refractivity contribution in [2.45, 2.75) is 25.3 Å². The minimum atomic E-state index is -0.145. The molecule has 1 aromatic carbocycles. The van der Waals surface area contributed by atoms with E-state index in [1.54, 1.807) is 0 Å². The molecule has 4 heteroatoms. The van der Waals surface area contributed by atoms with E-state index in [1.165, 1.54) is 6.07 Å². The summed E-state index contributed by atoms with van der Waals surface area (Å²) in [5.74, 6) is 0.186. The zero-order valence-corrected chi connectivity index (χ0v) is 10.4. The standard InChI is InChI=1S/C12H13BrFNO/c13-6-12(16)15-7-8-1-4-10(9-2-3-9)11(14)5-8/h1,4-5,9H,2-3,6-7H2,(H,15,16). The van der Waals surface area contributed by atoms with E-state index in [1.807, 2.05) is 12.1 Å². The van der Waals surface area contributed by atoms with Gasteiger partial charge in [0.2, 0.25) is 5.91 Å². The van der Waals surface area contributed by atoms with Gasteiger partial charge in [-0.3, -0.25) is 4.79 Å². The highest BCUT2D eigenvalue weighted by molar-refractivity contribution is 9.09. The van der Waals surface area contributed by atoms with Crippen LogP contribution >= 0.6 is 15.9 Å². The van der Waals surface area contributed by atoms with Crippen LogP contribution in [0.1, 0.15) is 29.9 Å². The quantitative estimate of drug-likeness (QED) is 0.847. The SMILES string of the molecule is O=C(CBr)NCc1ccc(C2CC2)c(F)c1. The average molecular weight is 286 g/mol. The molecule has 0 radical (unpaired) electrons. The minimum Gasteiger partial charge on any atom is -0.351 e. The molecule has 1 N–H and O–H groups in total. The van der Waals surface area contributed by atoms with Crippen LogP contribution in [-0.4, -0.2) is 11.2 Å². The normalized spacial score (nSPS) is 14.9. The summed E-state index contributed by atoms with van der Waals surface area (Å²) < 4.78 is 13.6. The highest BCUT2D eigenvalue weighted by Crippen LogP contribution is 2.41. The van der Waals surface area contributed by atoms with Gasteiger partial charge in [-0.1, -0.05) is 28.1 Å². The van der Waals surface area contributed by atoms with Crippen LogP contribution in [-0.2, 0) is 11.3 Å². The van der Waals surface area contributed by atoms with Crippen LogP contribution in [0.2, 0.25) is 0 Å². The smallest absolute Gasteiger partial charge is 0.230 e. The molecule has 0 aliphatic heterocycles. The number of carbonyl (C=O) groups is 1. The van der Waals surface area contributed by atoms with Crippen molar-refractivity contribution in [2.75, 3.05) is 5.33 Å². The third-order valence-electron chi connectivity index (χ3n) is 2.69. The first-order valence-electron chi connectivity index (χ1n) is 5.31. The lowest BCUT2D eigenvalue weighted by Crippen LogP contribution is -2.23. The van der Waals surface area contributed by atoms with Gasteiger partial charge in [-0.2, -0.15) is 0 Å². The van der Waals surface area contributed by atoms with Crippen LogP contribution < -0.4 is 5.32 Å². The molecule has 16 heavy (non-hydrogen) atoms. The molecule has 1 amide bonds. The van der Waals surface area contributed by atoms with Crippen molar-refractivity contribution in [3.05, 3.63) is 35.1 Å². The highest BCUT2D eigenvalue weighted by Gasteiger charge is 2.26. The molecule has 1 aliphatic carbocycles. The number of nitrogens with one attached hydrogen (secondary N) is 1. The Morgan fingerprint density at radius 2 is 2.25 bits per heavy atom. The number of hydrogen-bond donors (Lipinski definition) is 1. The van der Waals surface area contributed by atoms with Gasteiger partial charge in [-0.25, -0.2) is 4.39 Å². The van der Waals surface area contributed by atoms with E-state index >= 15 is 0 Å². The Hall–Kier alpha value is -0.900. The van der Waals surface area contributed by atoms with Gasteiger partial charge in [0.15, 0.2) is 0 Å². The Morgan fingerprint density at radius 3 is 2.81 bits per heavy atom. The predicted molar refractivity (Wildman–Crippen MR) is 64.0 cm³/mol. The molecule has 0 spiro atoms. The van der Waals surface area contributed by atoms with Crippen molar-refractivity contribution in [1.29, 1.82) is 0 Å².